The number of nitrogens with two attached hydrogens (primary N) is 2. The Bertz CT molecular complexity index is 913. The Morgan fingerprint density at radius 3 is 2.39 bits per heavy atom. The highest BCUT2D eigenvalue weighted by atomic mass is 16.5. The lowest BCUT2D eigenvalue weighted by molar-refractivity contribution is -0.126. The maximum atomic E-state index is 6.46. The Morgan fingerprint density at radius 1 is 0.889 bits per heavy atom. The van der Waals surface area contributed by atoms with Gasteiger partial charge in [-0.15, -0.1) is 0 Å². The summed E-state index contributed by atoms with van der Waals surface area (Å²) in [5.41, 5.74) is 14.6. The van der Waals surface area contributed by atoms with Gasteiger partial charge in [-0.1, -0.05) is 53.9 Å². The molecular weight excluding hydrogens is 440 g/mol. The van der Waals surface area contributed by atoms with Crippen molar-refractivity contribution in [2.45, 2.75) is 118 Å². The molecule has 5 rings (SSSR count). The highest BCUT2D eigenvalue weighted by Gasteiger charge is 2.60. The van der Waals surface area contributed by atoms with E-state index in [9.17, 15) is 0 Å². The van der Waals surface area contributed by atoms with Gasteiger partial charge in [-0.3, -0.25) is 0 Å². The number of hydrogen-bond acceptors (Lipinski definition) is 3. The number of ether oxygens (including phenoxy) is 1. The first-order valence-electron chi connectivity index (χ1n) is 15.4. The van der Waals surface area contributed by atoms with Gasteiger partial charge in [0.2, 0.25) is 0 Å². The van der Waals surface area contributed by atoms with Crippen molar-refractivity contribution in [3.8, 4) is 5.75 Å². The van der Waals surface area contributed by atoms with E-state index in [0.717, 1.165) is 53.6 Å². The third-order valence-corrected chi connectivity index (χ3v) is 12.1. The molecule has 0 spiro atoms. The van der Waals surface area contributed by atoms with E-state index in [1.807, 2.05) is 18.2 Å². The van der Waals surface area contributed by atoms with E-state index in [4.69, 9.17) is 16.2 Å². The van der Waals surface area contributed by atoms with Gasteiger partial charge in [0.05, 0.1) is 11.8 Å². The van der Waals surface area contributed by atoms with E-state index >= 15 is 0 Å². The Kier molecular flexibility index (Phi) is 7.33. The van der Waals surface area contributed by atoms with Crippen LogP contribution in [-0.2, 0) is 0 Å². The summed E-state index contributed by atoms with van der Waals surface area (Å²) in [7, 11) is 0. The molecule has 0 bridgehead atoms. The molecule has 4 saturated carbocycles. The van der Waals surface area contributed by atoms with Crippen LogP contribution in [0.15, 0.2) is 18.2 Å². The SMILES string of the molecule is CC(C)CCCC(C)[C@H]1CC[C@H]2[C@@H]3CCC4CC(Oc5ccc(N)cc5N)CC[C@]4(C)[C@H]3CC[C@]12C. The number of hydrogen-bond donors (Lipinski definition) is 2. The molecular formula is C33H54N2O. The fraction of sp³-hybridized carbons (Fsp3) is 0.818. The zero-order chi connectivity index (χ0) is 25.7. The van der Waals surface area contributed by atoms with Crippen molar-refractivity contribution in [2.75, 3.05) is 11.5 Å². The molecule has 1 aromatic rings. The quantitative estimate of drug-likeness (QED) is 0.372. The topological polar surface area (TPSA) is 61.3 Å². The summed E-state index contributed by atoms with van der Waals surface area (Å²) in [5.74, 6) is 7.17. The maximum Gasteiger partial charge on any atom is 0.142 e. The Balaban J connectivity index is 1.24. The Labute approximate surface area is 221 Å². The van der Waals surface area contributed by atoms with Gasteiger partial charge in [0.1, 0.15) is 5.75 Å². The third kappa shape index (κ3) is 4.66. The number of rotatable bonds is 7. The molecule has 0 radical (unpaired) electrons. The number of fused-ring (bicyclic) bond motifs is 5. The molecule has 0 amide bonds. The molecule has 4 aliphatic rings. The molecule has 3 heteroatoms. The normalized spacial score (nSPS) is 40.8. The maximum absolute atomic E-state index is 6.46. The first-order valence-corrected chi connectivity index (χ1v) is 15.4. The summed E-state index contributed by atoms with van der Waals surface area (Å²) < 4.78 is 6.46. The lowest BCUT2D eigenvalue weighted by atomic mass is 9.44. The molecule has 0 aromatic heterocycles. The van der Waals surface area contributed by atoms with Crippen molar-refractivity contribution in [2.24, 2.45) is 52.3 Å². The van der Waals surface area contributed by atoms with Crippen LogP contribution in [0, 0.1) is 52.3 Å². The summed E-state index contributed by atoms with van der Waals surface area (Å²) in [5, 5.41) is 0. The summed E-state index contributed by atoms with van der Waals surface area (Å²) in [4.78, 5) is 0. The van der Waals surface area contributed by atoms with Crippen molar-refractivity contribution < 1.29 is 4.74 Å². The van der Waals surface area contributed by atoms with Gasteiger partial charge in [-0.25, -0.2) is 0 Å². The molecule has 4 fully saturated rings. The van der Waals surface area contributed by atoms with Crippen molar-refractivity contribution in [3.63, 3.8) is 0 Å². The molecule has 3 nitrogen and oxygen atoms in total. The largest absolute Gasteiger partial charge is 0.488 e. The molecule has 4 N–H and O–H groups in total. The van der Waals surface area contributed by atoms with Crippen LogP contribution in [0.5, 0.6) is 5.75 Å². The van der Waals surface area contributed by atoms with Crippen LogP contribution in [0.25, 0.3) is 0 Å². The fourth-order valence-electron chi connectivity index (χ4n) is 10.2. The van der Waals surface area contributed by atoms with Gasteiger partial charge in [0.25, 0.3) is 0 Å². The summed E-state index contributed by atoms with van der Waals surface area (Å²) in [6.45, 7) is 12.7. The number of benzene rings is 1. The number of anilines is 2. The van der Waals surface area contributed by atoms with E-state index < -0.39 is 0 Å². The first kappa shape index (κ1) is 26.2. The van der Waals surface area contributed by atoms with Crippen LogP contribution in [0.1, 0.15) is 112 Å². The van der Waals surface area contributed by atoms with Gasteiger partial charge in [-0.2, -0.15) is 0 Å². The Hall–Kier alpha value is -1.38. The standard InChI is InChI=1S/C33H54N2O/c1-21(2)7-6-8-22(3)27-12-13-28-26-11-9-23-19-25(36-31-14-10-24(34)20-30(31)35)15-17-32(23,4)29(26)16-18-33(27,28)5/h10,14,20-23,25-29H,6-9,11-13,15-19,34-35H2,1-5H3/t22?,23?,25?,26-,27+,28-,29-,32-,33+/m0/s1. The Morgan fingerprint density at radius 2 is 1.64 bits per heavy atom. The predicted octanol–water partition coefficient (Wildman–Crippen LogP) is 8.72. The zero-order valence-electron chi connectivity index (χ0n) is 23.9. The van der Waals surface area contributed by atoms with Crippen LogP contribution in [-0.4, -0.2) is 6.10 Å². The molecule has 3 unspecified atom stereocenters. The van der Waals surface area contributed by atoms with Crippen molar-refractivity contribution >= 4 is 11.4 Å². The number of nitrogen functional groups attached to an aromatic ring is 2. The van der Waals surface area contributed by atoms with E-state index in [1.54, 1.807) is 0 Å². The van der Waals surface area contributed by atoms with Gasteiger partial charge in [-0.05, 0) is 128 Å². The molecule has 0 heterocycles. The predicted molar refractivity (Wildman–Crippen MR) is 153 cm³/mol. The highest BCUT2D eigenvalue weighted by molar-refractivity contribution is 5.60. The van der Waals surface area contributed by atoms with Crippen LogP contribution < -0.4 is 16.2 Å². The molecule has 202 valence electrons. The van der Waals surface area contributed by atoms with Gasteiger partial charge >= 0.3 is 0 Å². The van der Waals surface area contributed by atoms with Crippen LogP contribution in [0.2, 0.25) is 0 Å². The zero-order valence-corrected chi connectivity index (χ0v) is 23.9. The summed E-state index contributed by atoms with van der Waals surface area (Å²) >= 11 is 0. The van der Waals surface area contributed by atoms with E-state index in [2.05, 4.69) is 34.6 Å². The van der Waals surface area contributed by atoms with Crippen molar-refractivity contribution in [1.82, 2.24) is 0 Å². The van der Waals surface area contributed by atoms with E-state index in [0.29, 0.717) is 28.3 Å². The molecule has 1 aromatic carbocycles. The third-order valence-electron chi connectivity index (χ3n) is 12.1. The van der Waals surface area contributed by atoms with Crippen LogP contribution in [0.4, 0.5) is 11.4 Å². The summed E-state index contributed by atoms with van der Waals surface area (Å²) in [6, 6.07) is 5.69. The van der Waals surface area contributed by atoms with Crippen molar-refractivity contribution in [3.05, 3.63) is 18.2 Å². The first-order chi connectivity index (χ1) is 17.1. The smallest absolute Gasteiger partial charge is 0.142 e. The highest BCUT2D eigenvalue weighted by Crippen LogP contribution is 2.68. The molecule has 36 heavy (non-hydrogen) atoms. The average Bonchev–Trinajstić information content (AvgIpc) is 3.18. The van der Waals surface area contributed by atoms with Crippen LogP contribution >= 0.6 is 0 Å². The minimum absolute atomic E-state index is 0.293. The molecule has 9 atom stereocenters. The van der Waals surface area contributed by atoms with Crippen LogP contribution in [0.3, 0.4) is 0 Å². The van der Waals surface area contributed by atoms with E-state index in [-0.39, 0.29) is 0 Å². The molecule has 0 aliphatic heterocycles. The lowest BCUT2D eigenvalue weighted by Crippen LogP contribution is -2.54. The monoisotopic (exact) mass is 494 g/mol. The molecule has 4 aliphatic carbocycles. The van der Waals surface area contributed by atoms with Gasteiger partial charge in [0, 0.05) is 5.69 Å². The lowest BCUT2D eigenvalue weighted by Gasteiger charge is -2.61. The minimum Gasteiger partial charge on any atom is -0.488 e. The molecule has 0 saturated heterocycles. The second-order valence-corrected chi connectivity index (χ2v) is 14.5. The van der Waals surface area contributed by atoms with E-state index in [1.165, 1.54) is 70.6 Å². The second-order valence-electron chi connectivity index (χ2n) is 14.5. The van der Waals surface area contributed by atoms with Gasteiger partial charge < -0.3 is 16.2 Å². The van der Waals surface area contributed by atoms with Gasteiger partial charge in [0.15, 0.2) is 0 Å². The average molecular weight is 495 g/mol. The minimum atomic E-state index is 0.293. The van der Waals surface area contributed by atoms with Crippen molar-refractivity contribution in [1.29, 1.82) is 0 Å². The summed E-state index contributed by atoms with van der Waals surface area (Å²) in [6.07, 6.45) is 17.0. The fourth-order valence-corrected chi connectivity index (χ4v) is 10.2. The second kappa shape index (κ2) is 10.1.